The van der Waals surface area contributed by atoms with E-state index in [0.29, 0.717) is 36.3 Å². The van der Waals surface area contributed by atoms with Crippen molar-refractivity contribution >= 4 is 23.4 Å². The van der Waals surface area contributed by atoms with Crippen molar-refractivity contribution in [1.29, 1.82) is 0 Å². The number of ether oxygens (including phenoxy) is 2. The molecular formula is C28H35N3O4. The summed E-state index contributed by atoms with van der Waals surface area (Å²) in [6.07, 6.45) is 5.35. The minimum atomic E-state index is -0.476. The molecule has 1 aliphatic carbocycles. The van der Waals surface area contributed by atoms with Crippen molar-refractivity contribution < 1.29 is 19.1 Å². The van der Waals surface area contributed by atoms with Crippen LogP contribution >= 0.6 is 0 Å². The lowest BCUT2D eigenvalue weighted by Crippen LogP contribution is -2.38. The van der Waals surface area contributed by atoms with Gasteiger partial charge in [0.25, 0.3) is 5.91 Å². The maximum Gasteiger partial charge on any atom is 0.411 e. The van der Waals surface area contributed by atoms with Gasteiger partial charge in [-0.2, -0.15) is 0 Å². The monoisotopic (exact) mass is 477 g/mol. The summed E-state index contributed by atoms with van der Waals surface area (Å²) in [6, 6.07) is 14.3. The van der Waals surface area contributed by atoms with E-state index in [1.54, 1.807) is 0 Å². The predicted octanol–water partition coefficient (Wildman–Crippen LogP) is 5.35. The number of nitrogens with one attached hydrogen (secondary N) is 2. The van der Waals surface area contributed by atoms with Crippen molar-refractivity contribution in [2.24, 2.45) is 0 Å². The molecule has 35 heavy (non-hydrogen) atoms. The van der Waals surface area contributed by atoms with Crippen LogP contribution in [0.1, 0.15) is 71.8 Å². The minimum absolute atomic E-state index is 0.0229. The molecule has 3 fully saturated rings. The molecule has 0 unspecified atom stereocenters. The average molecular weight is 478 g/mol. The molecule has 5 rings (SSSR count). The third-order valence-corrected chi connectivity index (χ3v) is 7.70. The third-order valence-electron chi connectivity index (χ3n) is 7.70. The topological polar surface area (TPSA) is 79.9 Å². The highest BCUT2D eigenvalue weighted by atomic mass is 16.6. The summed E-state index contributed by atoms with van der Waals surface area (Å²) in [5, 5.41) is 6.09. The molecule has 2 N–H and O–H groups in total. The minimum Gasteiger partial charge on any atom is -0.443 e. The summed E-state index contributed by atoms with van der Waals surface area (Å²) < 4.78 is 10.8. The highest BCUT2D eigenvalue weighted by Gasteiger charge is 2.28. The Morgan fingerprint density at radius 3 is 2.37 bits per heavy atom. The summed E-state index contributed by atoms with van der Waals surface area (Å²) in [7, 11) is 1.92. The number of amides is 2. The van der Waals surface area contributed by atoms with Crippen molar-refractivity contribution in [3.63, 3.8) is 0 Å². The Bertz CT molecular complexity index is 1040. The molecule has 2 aromatic rings. The number of carbonyl (C=O) groups excluding carboxylic acids is 2. The second kappa shape index (κ2) is 10.7. The van der Waals surface area contributed by atoms with Crippen molar-refractivity contribution in [1.82, 2.24) is 4.90 Å². The molecule has 186 valence electrons. The van der Waals surface area contributed by atoms with Crippen LogP contribution in [0.3, 0.4) is 0 Å². The van der Waals surface area contributed by atoms with E-state index < -0.39 is 6.09 Å². The number of hydrogen-bond acceptors (Lipinski definition) is 5. The molecule has 2 amide bonds. The van der Waals surface area contributed by atoms with Gasteiger partial charge in [-0.3, -0.25) is 10.1 Å². The van der Waals surface area contributed by atoms with Gasteiger partial charge in [0, 0.05) is 43.5 Å². The van der Waals surface area contributed by atoms with Crippen molar-refractivity contribution in [3.05, 3.63) is 59.2 Å². The number of likely N-dealkylation sites (tertiary alicyclic amines) is 1. The Labute approximate surface area is 207 Å². The molecule has 0 spiro atoms. The van der Waals surface area contributed by atoms with Crippen LogP contribution in [0, 0.1) is 0 Å². The van der Waals surface area contributed by atoms with Gasteiger partial charge in [0.2, 0.25) is 0 Å². The first-order valence-electron chi connectivity index (χ1n) is 12.9. The fourth-order valence-corrected chi connectivity index (χ4v) is 5.29. The lowest BCUT2D eigenvalue weighted by molar-refractivity contribution is 0.0712. The highest BCUT2D eigenvalue weighted by molar-refractivity contribution is 5.97. The normalized spacial score (nSPS) is 20.8. The van der Waals surface area contributed by atoms with Gasteiger partial charge in [-0.05, 0) is 72.9 Å². The molecule has 0 aromatic heterocycles. The zero-order valence-corrected chi connectivity index (χ0v) is 20.4. The lowest BCUT2D eigenvalue weighted by Gasteiger charge is -2.33. The summed E-state index contributed by atoms with van der Waals surface area (Å²) in [5.74, 6) is 0.918. The molecule has 1 atom stereocenters. The van der Waals surface area contributed by atoms with E-state index >= 15 is 0 Å². The predicted molar refractivity (Wildman–Crippen MR) is 136 cm³/mol. The van der Waals surface area contributed by atoms with Crippen LogP contribution in [-0.4, -0.2) is 56.4 Å². The van der Waals surface area contributed by atoms with Gasteiger partial charge >= 0.3 is 6.09 Å². The molecule has 7 nitrogen and oxygen atoms in total. The van der Waals surface area contributed by atoms with Crippen LogP contribution < -0.4 is 10.6 Å². The Balaban J connectivity index is 1.25. The SMILES string of the molecule is CNc1ccc(C2CCN(C(=O)c3ccc(C4CCC4)c(NC(=O)O[C@@H]4CCOC4)c3)CC2)cc1. The van der Waals surface area contributed by atoms with Gasteiger partial charge < -0.3 is 19.7 Å². The molecule has 3 aliphatic rings. The van der Waals surface area contributed by atoms with Gasteiger partial charge in [-0.25, -0.2) is 4.79 Å². The summed E-state index contributed by atoms with van der Waals surface area (Å²) in [5.41, 5.74) is 4.85. The fraction of sp³-hybridized carbons (Fsp3) is 0.500. The molecule has 2 aliphatic heterocycles. The number of hydrogen-bond donors (Lipinski definition) is 2. The summed E-state index contributed by atoms with van der Waals surface area (Å²) in [4.78, 5) is 27.9. The summed E-state index contributed by atoms with van der Waals surface area (Å²) in [6.45, 7) is 2.52. The van der Waals surface area contributed by atoms with Crippen LogP contribution in [0.5, 0.6) is 0 Å². The van der Waals surface area contributed by atoms with Crippen LogP contribution in [0.25, 0.3) is 0 Å². The van der Waals surface area contributed by atoms with Crippen LogP contribution in [0.4, 0.5) is 16.2 Å². The van der Waals surface area contributed by atoms with E-state index in [9.17, 15) is 9.59 Å². The van der Waals surface area contributed by atoms with E-state index in [-0.39, 0.29) is 12.0 Å². The molecular weight excluding hydrogens is 442 g/mol. The molecule has 0 radical (unpaired) electrons. The van der Waals surface area contributed by atoms with E-state index in [2.05, 4.69) is 34.9 Å². The Kier molecular flexibility index (Phi) is 7.23. The third kappa shape index (κ3) is 5.45. The summed E-state index contributed by atoms with van der Waals surface area (Å²) >= 11 is 0. The zero-order chi connectivity index (χ0) is 24.2. The molecule has 2 aromatic carbocycles. The molecule has 2 heterocycles. The molecule has 1 saturated carbocycles. The Morgan fingerprint density at radius 2 is 1.74 bits per heavy atom. The Morgan fingerprint density at radius 1 is 0.971 bits per heavy atom. The van der Waals surface area contributed by atoms with Crippen LogP contribution in [0.15, 0.2) is 42.5 Å². The standard InChI is InChI=1S/C28H35N3O4/c1-29-23-8-5-19(6-9-23)20-11-14-31(15-12-20)27(32)22-7-10-25(21-3-2-4-21)26(17-22)30-28(33)35-24-13-16-34-18-24/h5-10,17,20-21,24,29H,2-4,11-16,18H2,1H3,(H,30,33)/t24-/m1/s1. The van der Waals surface area contributed by atoms with Crippen molar-refractivity contribution in [3.8, 4) is 0 Å². The maximum atomic E-state index is 13.4. The number of rotatable bonds is 6. The van der Waals surface area contributed by atoms with Gasteiger partial charge in [0.1, 0.15) is 6.10 Å². The number of anilines is 2. The second-order valence-corrected chi connectivity index (χ2v) is 9.88. The van der Waals surface area contributed by atoms with E-state index in [1.807, 2.05) is 30.1 Å². The lowest BCUT2D eigenvalue weighted by atomic mass is 9.79. The van der Waals surface area contributed by atoms with Crippen molar-refractivity contribution in [2.75, 3.05) is 44.0 Å². The Hall–Kier alpha value is -3.06. The van der Waals surface area contributed by atoms with E-state index in [0.717, 1.165) is 56.4 Å². The number of benzene rings is 2. The largest absolute Gasteiger partial charge is 0.443 e. The van der Waals surface area contributed by atoms with Gasteiger partial charge in [-0.15, -0.1) is 0 Å². The fourth-order valence-electron chi connectivity index (χ4n) is 5.29. The first-order valence-corrected chi connectivity index (χ1v) is 12.9. The smallest absolute Gasteiger partial charge is 0.411 e. The zero-order valence-electron chi connectivity index (χ0n) is 20.4. The highest BCUT2D eigenvalue weighted by Crippen LogP contribution is 2.40. The van der Waals surface area contributed by atoms with Gasteiger partial charge in [0.15, 0.2) is 0 Å². The van der Waals surface area contributed by atoms with Crippen LogP contribution in [-0.2, 0) is 9.47 Å². The maximum absolute atomic E-state index is 13.4. The first-order chi connectivity index (χ1) is 17.1. The molecule has 2 saturated heterocycles. The number of nitrogens with zero attached hydrogens (tertiary/aromatic N) is 1. The number of carbonyl (C=O) groups is 2. The average Bonchev–Trinajstić information content (AvgIpc) is 3.36. The molecule has 7 heteroatoms. The van der Waals surface area contributed by atoms with Crippen molar-refractivity contribution in [2.45, 2.75) is 56.5 Å². The van der Waals surface area contributed by atoms with Crippen LogP contribution in [0.2, 0.25) is 0 Å². The second-order valence-electron chi connectivity index (χ2n) is 9.88. The van der Waals surface area contributed by atoms with E-state index in [4.69, 9.17) is 9.47 Å². The quantitative estimate of drug-likeness (QED) is 0.586. The molecule has 0 bridgehead atoms. The van der Waals surface area contributed by atoms with E-state index in [1.165, 1.54) is 12.0 Å². The first kappa shape index (κ1) is 23.7. The van der Waals surface area contributed by atoms with Gasteiger partial charge in [0.05, 0.1) is 13.2 Å². The number of piperidine rings is 1. The van der Waals surface area contributed by atoms with Gasteiger partial charge in [-0.1, -0.05) is 24.6 Å².